The molecule has 94 heavy (non-hydrogen) atoms. The fraction of sp³-hybridized carbons (Fsp3) is 0.273. The summed E-state index contributed by atoms with van der Waals surface area (Å²) in [5.74, 6) is -9.92. The van der Waals surface area contributed by atoms with Gasteiger partial charge >= 0.3 is 11.9 Å². The smallest absolute Gasteiger partial charge is 0.310 e. The number of aliphatic hydroxyl groups is 2. The summed E-state index contributed by atoms with van der Waals surface area (Å²) in [7, 11) is 2.62. The highest BCUT2D eigenvalue weighted by Crippen LogP contribution is 2.36. The Kier molecular flexibility index (Phi) is 22.3. The lowest BCUT2D eigenvalue weighted by Gasteiger charge is -2.26. The van der Waals surface area contributed by atoms with Gasteiger partial charge in [-0.25, -0.2) is 0 Å². The van der Waals surface area contributed by atoms with Crippen LogP contribution in [-0.4, -0.2) is 171 Å². The first-order valence-electron chi connectivity index (χ1n) is 29.3. The summed E-state index contributed by atoms with van der Waals surface area (Å²) in [6.45, 7) is -3.68. The number of nitrogens with one attached hydrogen (secondary N) is 4. The predicted octanol–water partition coefficient (Wildman–Crippen LogP) is 1.42. The van der Waals surface area contributed by atoms with Gasteiger partial charge in [0.1, 0.15) is 67.5 Å². The Hall–Kier alpha value is -11.2. The van der Waals surface area contributed by atoms with Crippen LogP contribution in [-0.2, 0) is 80.1 Å². The lowest BCUT2D eigenvalue weighted by molar-refractivity contribution is -0.168. The van der Waals surface area contributed by atoms with E-state index in [4.69, 9.17) is 28.4 Å². The number of fused-ring (bicyclic) bond motifs is 2. The number of ketones is 2. The molecular weight excluding hydrogens is 1220 g/mol. The second-order valence-electron chi connectivity index (χ2n) is 21.3. The van der Waals surface area contributed by atoms with Crippen molar-refractivity contribution in [2.45, 2.75) is 62.8 Å². The number of aliphatic hydroxyl groups excluding tert-OH is 2. The van der Waals surface area contributed by atoms with Crippen LogP contribution in [0.1, 0.15) is 44.7 Å². The third-order valence-corrected chi connectivity index (χ3v) is 15.1. The van der Waals surface area contributed by atoms with Crippen LogP contribution in [0.2, 0.25) is 0 Å². The topological polar surface area (TPSA) is 362 Å². The van der Waals surface area contributed by atoms with Gasteiger partial charge in [-0.15, -0.1) is 0 Å². The third-order valence-electron chi connectivity index (χ3n) is 15.1. The van der Waals surface area contributed by atoms with Gasteiger partial charge in [0.05, 0.1) is 76.1 Å². The maximum Gasteiger partial charge on any atom is 0.310 e. The Morgan fingerprint density at radius 2 is 0.840 bits per heavy atom. The lowest BCUT2D eigenvalue weighted by Crippen LogP contribution is -2.56. The van der Waals surface area contributed by atoms with Gasteiger partial charge < -0.3 is 69.7 Å². The third kappa shape index (κ3) is 16.1. The van der Waals surface area contributed by atoms with Crippen molar-refractivity contribution in [1.82, 2.24) is 21.3 Å². The van der Waals surface area contributed by atoms with Gasteiger partial charge in [0.25, 0.3) is 41.2 Å². The van der Waals surface area contributed by atoms with E-state index >= 15 is 0 Å². The molecule has 6 aromatic rings. The molecule has 0 bridgehead atoms. The van der Waals surface area contributed by atoms with Crippen molar-refractivity contribution in [1.29, 1.82) is 0 Å². The van der Waals surface area contributed by atoms with Crippen LogP contribution >= 0.6 is 0 Å². The van der Waals surface area contributed by atoms with Crippen molar-refractivity contribution in [2.75, 3.05) is 73.2 Å². The molecule has 28 heteroatoms. The maximum absolute atomic E-state index is 14.1. The van der Waals surface area contributed by atoms with Crippen molar-refractivity contribution in [3.8, 4) is 11.5 Å². The number of carbonyl (C=O) groups excluding carboxylic acids is 12. The first-order chi connectivity index (χ1) is 45.4. The largest absolute Gasteiger partial charge is 0.496 e. The Morgan fingerprint density at radius 3 is 1.23 bits per heavy atom. The number of ether oxygens (including phenoxy) is 6. The van der Waals surface area contributed by atoms with Crippen LogP contribution in [0.3, 0.4) is 0 Å². The molecule has 4 aliphatic rings. The molecule has 488 valence electrons. The zero-order valence-electron chi connectivity index (χ0n) is 50.6. The van der Waals surface area contributed by atoms with Crippen LogP contribution in [0.15, 0.2) is 158 Å². The summed E-state index contributed by atoms with van der Waals surface area (Å²) in [5.41, 5.74) is 2.20. The first-order valence-corrected chi connectivity index (χ1v) is 29.3. The summed E-state index contributed by atoms with van der Waals surface area (Å²) < 4.78 is 32.5. The molecule has 6 atom stereocenters. The molecule has 6 aromatic carbocycles. The number of para-hydroxylation sites is 4. The molecule has 0 saturated carbocycles. The number of rotatable bonds is 22. The van der Waals surface area contributed by atoms with Gasteiger partial charge in [0, 0.05) is 5.56 Å². The van der Waals surface area contributed by atoms with E-state index in [1.807, 2.05) is 60.7 Å². The molecule has 4 heterocycles. The number of hydrogen-bond donors (Lipinski definition) is 6. The second-order valence-corrected chi connectivity index (χ2v) is 21.3. The van der Waals surface area contributed by atoms with Crippen molar-refractivity contribution in [2.24, 2.45) is 0 Å². The minimum atomic E-state index is -1.55. The molecular formula is C66H64N8O20. The van der Waals surface area contributed by atoms with Crippen molar-refractivity contribution < 1.29 is 96.2 Å². The van der Waals surface area contributed by atoms with E-state index in [0.717, 1.165) is 30.7 Å². The molecule has 6 N–H and O–H groups in total. The van der Waals surface area contributed by atoms with Crippen molar-refractivity contribution in [3.63, 3.8) is 0 Å². The highest BCUT2D eigenvalue weighted by molar-refractivity contribution is 6.44. The van der Waals surface area contributed by atoms with E-state index in [1.165, 1.54) is 62.8 Å². The number of amides is 8. The number of cyclic esters (lactones) is 2. The monoisotopic (exact) mass is 1290 g/mol. The molecule has 8 amide bonds. The number of nitrogens with zero attached hydrogens (tertiary/aromatic N) is 4. The molecule has 10 rings (SSSR count). The standard InChI is InChI=1S/C34H34N4O11.C32H30N4O9/c1-46-25-13-8-14-26(47-2)30(25)31(43)32(44)36-22-16-37(28(41)18-39)23-11-6-7-12-24(23)38(33(22)45)17-27(40)35-21-15-29(42)49-34(21)48-19-20-9-4-3-5-10-20;37-18-27(39)35-16-23(34-30(42)29(41)21-11-5-2-6-12-21)31(43)36(25-14-8-7-13-24(25)35)17-26(38)33-22-15-28(40)45-32(22)44-19-20-9-3-1-4-10-20/h3-14,21-22,34,39H,15-19H2,1-2H3,(H,35,40)(H,36,44);1-14,22-23,32,37H,15-19H2,(H,33,38)(H,34,42)/t21-,22-,34?;22-,23-,32?/m00/s1. The minimum Gasteiger partial charge on any atom is -0.496 e. The van der Waals surface area contributed by atoms with Gasteiger partial charge in [-0.3, -0.25) is 67.3 Å². The van der Waals surface area contributed by atoms with E-state index in [-0.39, 0.29) is 71.4 Å². The van der Waals surface area contributed by atoms with Crippen molar-refractivity contribution in [3.05, 3.63) is 180 Å². The minimum absolute atomic E-state index is 0.0508. The van der Waals surface area contributed by atoms with Gasteiger partial charge in [-0.2, -0.15) is 0 Å². The van der Waals surface area contributed by atoms with Gasteiger partial charge in [0.2, 0.25) is 30.2 Å². The van der Waals surface area contributed by atoms with E-state index in [0.29, 0.717) is 0 Å². The van der Waals surface area contributed by atoms with E-state index in [1.54, 1.807) is 48.5 Å². The molecule has 2 unspecified atom stereocenters. The number of methoxy groups -OCH3 is 2. The van der Waals surface area contributed by atoms with Crippen LogP contribution in [0, 0.1) is 0 Å². The Morgan fingerprint density at radius 1 is 0.468 bits per heavy atom. The quantitative estimate of drug-likeness (QED) is 0.0318. The summed E-state index contributed by atoms with van der Waals surface area (Å²) in [5, 5.41) is 29.6. The Bertz CT molecular complexity index is 3820. The molecule has 0 radical (unpaired) electrons. The summed E-state index contributed by atoms with van der Waals surface area (Å²) in [6.07, 6.45) is -2.50. The lowest BCUT2D eigenvalue weighted by atomic mass is 10.1. The number of carbonyl (C=O) groups is 12. The average molecular weight is 1290 g/mol. The number of Topliss-reactive ketones (excluding diaryl/α,β-unsaturated/α-hetero) is 2. The second kappa shape index (κ2) is 31.2. The zero-order chi connectivity index (χ0) is 67.0. The van der Waals surface area contributed by atoms with Gasteiger partial charge in [-0.05, 0) is 47.5 Å². The molecule has 0 aromatic heterocycles. The van der Waals surface area contributed by atoms with Crippen LogP contribution in [0.4, 0.5) is 22.7 Å². The van der Waals surface area contributed by atoms with E-state index in [9.17, 15) is 67.7 Å². The average Bonchev–Trinajstić information content (AvgIpc) is 1.62. The fourth-order valence-electron chi connectivity index (χ4n) is 10.6. The normalized spacial score (nSPS) is 18.9. The fourth-order valence-corrected chi connectivity index (χ4v) is 10.6. The number of esters is 2. The SMILES string of the molecule is COc1cccc(OC)c1C(=O)C(=O)N[C@H]1CN(C(=O)CO)c2ccccc2N(CC(=O)N[C@H]2CC(=O)OC2OCc2ccccc2)C1=O.O=C(CN1C(=O)[C@@H](NC(=O)C(=O)c2ccccc2)CN(C(=O)CO)c2ccccc21)N[C@H]1CC(=O)OC1OCc1ccccc1. The Labute approximate surface area is 536 Å². The van der Waals surface area contributed by atoms with Crippen LogP contribution in [0.5, 0.6) is 11.5 Å². The summed E-state index contributed by atoms with van der Waals surface area (Å²) in [6, 6.07) is 38.2. The highest BCUT2D eigenvalue weighted by atomic mass is 16.7. The molecule has 2 saturated heterocycles. The number of anilines is 4. The predicted molar refractivity (Wildman–Crippen MR) is 330 cm³/mol. The highest BCUT2D eigenvalue weighted by Gasteiger charge is 2.44. The molecule has 28 nitrogen and oxygen atoms in total. The van der Waals surface area contributed by atoms with E-state index in [2.05, 4.69) is 21.3 Å². The molecule has 0 spiro atoms. The Balaban J connectivity index is 0.000000222. The number of hydrogen-bond acceptors (Lipinski definition) is 20. The molecule has 2 fully saturated rings. The van der Waals surface area contributed by atoms with Gasteiger partial charge in [0.15, 0.2) is 0 Å². The summed E-state index contributed by atoms with van der Waals surface area (Å²) >= 11 is 0. The first kappa shape index (κ1) is 67.2. The van der Waals surface area contributed by atoms with Crippen molar-refractivity contribution >= 4 is 93.5 Å². The van der Waals surface area contributed by atoms with Crippen LogP contribution < -0.4 is 50.3 Å². The number of benzene rings is 6. The van der Waals surface area contributed by atoms with Crippen LogP contribution in [0.25, 0.3) is 0 Å². The van der Waals surface area contributed by atoms with Gasteiger partial charge in [-0.1, -0.05) is 121 Å². The molecule has 0 aliphatic carbocycles. The zero-order valence-corrected chi connectivity index (χ0v) is 50.6. The van der Waals surface area contributed by atoms with E-state index < -0.39 is 147 Å². The molecule has 4 aliphatic heterocycles. The summed E-state index contributed by atoms with van der Waals surface area (Å²) in [4.78, 5) is 162. The maximum atomic E-state index is 14.1.